The summed E-state index contributed by atoms with van der Waals surface area (Å²) in [7, 11) is 0. The summed E-state index contributed by atoms with van der Waals surface area (Å²) in [6.45, 7) is 10.5. The number of rotatable bonds is 6. The Morgan fingerprint density at radius 2 is 1.50 bits per heavy atom. The first-order valence-corrected chi connectivity index (χ1v) is 11.5. The molecule has 2 amide bonds. The van der Waals surface area contributed by atoms with Gasteiger partial charge in [0.05, 0.1) is 16.7 Å². The maximum atomic E-state index is 13.0. The molecule has 0 aliphatic carbocycles. The van der Waals surface area contributed by atoms with Crippen molar-refractivity contribution in [2.75, 3.05) is 6.54 Å². The number of aromatic nitrogens is 1. The minimum absolute atomic E-state index is 0.251. The SMILES string of the molecule is Cc1ccc(-c2cn(CCCN3C(=O)c4ccccc4C3=O)cc2C(=O)OC(C)(C)C)c(C)c1. The maximum absolute atomic E-state index is 13.0. The first-order valence-electron chi connectivity index (χ1n) is 11.5. The normalized spacial score (nSPS) is 13.4. The lowest BCUT2D eigenvalue weighted by Gasteiger charge is -2.19. The molecular formula is C28H30N2O4. The quantitative estimate of drug-likeness (QED) is 0.366. The summed E-state index contributed by atoms with van der Waals surface area (Å²) < 4.78 is 7.60. The number of carbonyl (C=O) groups is 3. The molecule has 0 unspecified atom stereocenters. The van der Waals surface area contributed by atoms with Gasteiger partial charge in [-0.3, -0.25) is 14.5 Å². The van der Waals surface area contributed by atoms with Gasteiger partial charge >= 0.3 is 5.97 Å². The zero-order valence-electron chi connectivity index (χ0n) is 20.3. The second-order valence-electron chi connectivity index (χ2n) is 9.80. The third kappa shape index (κ3) is 4.67. The molecule has 1 aliphatic rings. The van der Waals surface area contributed by atoms with E-state index in [9.17, 15) is 14.4 Å². The van der Waals surface area contributed by atoms with E-state index in [4.69, 9.17) is 4.74 Å². The fraction of sp³-hybridized carbons (Fsp3) is 0.321. The molecule has 2 heterocycles. The molecule has 1 aromatic heterocycles. The highest BCUT2D eigenvalue weighted by Crippen LogP contribution is 2.30. The van der Waals surface area contributed by atoms with Gasteiger partial charge < -0.3 is 9.30 Å². The van der Waals surface area contributed by atoms with Gasteiger partial charge in [0.25, 0.3) is 11.8 Å². The Morgan fingerprint density at radius 3 is 2.09 bits per heavy atom. The highest BCUT2D eigenvalue weighted by molar-refractivity contribution is 6.21. The zero-order chi connectivity index (χ0) is 24.6. The summed E-state index contributed by atoms with van der Waals surface area (Å²) in [5.74, 6) is -0.876. The Morgan fingerprint density at radius 1 is 0.853 bits per heavy atom. The summed E-state index contributed by atoms with van der Waals surface area (Å²) in [4.78, 5) is 39.5. The third-order valence-electron chi connectivity index (χ3n) is 5.85. The van der Waals surface area contributed by atoms with Crippen LogP contribution in [-0.2, 0) is 11.3 Å². The van der Waals surface area contributed by atoms with Crippen molar-refractivity contribution in [2.24, 2.45) is 0 Å². The molecular weight excluding hydrogens is 428 g/mol. The van der Waals surface area contributed by atoms with Crippen molar-refractivity contribution in [3.05, 3.63) is 82.7 Å². The van der Waals surface area contributed by atoms with Crippen LogP contribution in [0.5, 0.6) is 0 Å². The van der Waals surface area contributed by atoms with Crippen LogP contribution in [0.3, 0.4) is 0 Å². The molecule has 0 atom stereocenters. The number of carbonyl (C=O) groups excluding carboxylic acids is 3. The van der Waals surface area contributed by atoms with Crippen molar-refractivity contribution in [1.29, 1.82) is 0 Å². The summed E-state index contributed by atoms with van der Waals surface area (Å²) >= 11 is 0. The topological polar surface area (TPSA) is 68.6 Å². The average molecular weight is 459 g/mol. The fourth-order valence-electron chi connectivity index (χ4n) is 4.32. The molecule has 34 heavy (non-hydrogen) atoms. The minimum Gasteiger partial charge on any atom is -0.456 e. The number of nitrogens with zero attached hydrogens (tertiary/aromatic N) is 2. The van der Waals surface area contributed by atoms with E-state index in [-0.39, 0.29) is 17.8 Å². The molecule has 0 N–H and O–H groups in total. The smallest absolute Gasteiger partial charge is 0.340 e. The molecule has 4 rings (SSSR count). The van der Waals surface area contributed by atoms with Crippen LogP contribution in [0, 0.1) is 13.8 Å². The van der Waals surface area contributed by atoms with Crippen LogP contribution in [0.25, 0.3) is 11.1 Å². The Balaban J connectivity index is 1.55. The van der Waals surface area contributed by atoms with Gasteiger partial charge in [-0.1, -0.05) is 35.9 Å². The minimum atomic E-state index is -0.607. The van der Waals surface area contributed by atoms with E-state index < -0.39 is 5.60 Å². The molecule has 176 valence electrons. The number of amides is 2. The fourth-order valence-corrected chi connectivity index (χ4v) is 4.32. The Bertz CT molecular complexity index is 1240. The van der Waals surface area contributed by atoms with Crippen LogP contribution in [0.2, 0.25) is 0 Å². The molecule has 0 spiro atoms. The lowest BCUT2D eigenvalue weighted by atomic mass is 9.98. The van der Waals surface area contributed by atoms with Crippen LogP contribution in [0.1, 0.15) is 69.4 Å². The summed E-state index contributed by atoms with van der Waals surface area (Å²) in [5.41, 5.74) is 4.83. The van der Waals surface area contributed by atoms with Crippen molar-refractivity contribution < 1.29 is 19.1 Å². The Hall–Kier alpha value is -3.67. The number of imide groups is 1. The van der Waals surface area contributed by atoms with Gasteiger partial charge in [0, 0.05) is 31.0 Å². The number of aryl methyl sites for hydroxylation is 3. The van der Waals surface area contributed by atoms with Gasteiger partial charge in [0.2, 0.25) is 0 Å². The number of ether oxygens (including phenoxy) is 1. The van der Waals surface area contributed by atoms with Crippen LogP contribution < -0.4 is 0 Å². The Kier molecular flexibility index (Phi) is 6.17. The number of esters is 1. The van der Waals surface area contributed by atoms with Gasteiger partial charge in [0.1, 0.15) is 5.60 Å². The molecule has 0 fully saturated rings. The third-order valence-corrected chi connectivity index (χ3v) is 5.85. The predicted octanol–water partition coefficient (Wildman–Crippen LogP) is 5.41. The predicted molar refractivity (Wildman–Crippen MR) is 131 cm³/mol. The van der Waals surface area contributed by atoms with E-state index in [0.29, 0.717) is 36.2 Å². The van der Waals surface area contributed by atoms with Crippen molar-refractivity contribution in [3.8, 4) is 11.1 Å². The largest absolute Gasteiger partial charge is 0.456 e. The molecule has 6 nitrogen and oxygen atoms in total. The number of hydrogen-bond acceptors (Lipinski definition) is 4. The highest BCUT2D eigenvalue weighted by atomic mass is 16.6. The van der Waals surface area contributed by atoms with E-state index >= 15 is 0 Å². The van der Waals surface area contributed by atoms with Gasteiger partial charge in [-0.25, -0.2) is 4.79 Å². The molecule has 0 bridgehead atoms. The monoisotopic (exact) mass is 458 g/mol. The van der Waals surface area contributed by atoms with Crippen molar-refractivity contribution >= 4 is 17.8 Å². The first kappa shape index (κ1) is 23.5. The highest BCUT2D eigenvalue weighted by Gasteiger charge is 2.34. The van der Waals surface area contributed by atoms with Crippen molar-refractivity contribution in [2.45, 2.75) is 53.2 Å². The molecule has 0 saturated carbocycles. The molecule has 2 aromatic carbocycles. The molecule has 3 aromatic rings. The van der Waals surface area contributed by atoms with Gasteiger partial charge in [0.15, 0.2) is 0 Å². The second-order valence-corrected chi connectivity index (χ2v) is 9.80. The van der Waals surface area contributed by atoms with Gasteiger partial charge in [-0.15, -0.1) is 0 Å². The summed E-state index contributed by atoms with van der Waals surface area (Å²) in [5, 5.41) is 0. The molecule has 0 radical (unpaired) electrons. The van der Waals surface area contributed by atoms with Gasteiger partial charge in [-0.05, 0) is 64.3 Å². The van der Waals surface area contributed by atoms with E-state index in [1.54, 1.807) is 30.5 Å². The van der Waals surface area contributed by atoms with Gasteiger partial charge in [-0.2, -0.15) is 0 Å². The standard InChI is InChI=1S/C28H30N2O4/c1-18-11-12-20(19(2)15-18)23-16-29(17-24(23)27(33)34-28(3,4)5)13-8-14-30-25(31)21-9-6-7-10-22(21)26(30)32/h6-7,9-12,15-17H,8,13-14H2,1-5H3. The lowest BCUT2D eigenvalue weighted by Crippen LogP contribution is -2.31. The summed E-state index contributed by atoms with van der Waals surface area (Å²) in [6.07, 6.45) is 4.31. The van der Waals surface area contributed by atoms with E-state index in [1.165, 1.54) is 4.90 Å². The molecule has 6 heteroatoms. The molecule has 1 aliphatic heterocycles. The van der Waals surface area contributed by atoms with Crippen LogP contribution in [-0.4, -0.2) is 39.4 Å². The van der Waals surface area contributed by atoms with E-state index in [2.05, 4.69) is 6.07 Å². The average Bonchev–Trinajstić information content (AvgIpc) is 3.28. The number of fused-ring (bicyclic) bond motifs is 1. The van der Waals surface area contributed by atoms with Crippen molar-refractivity contribution in [1.82, 2.24) is 9.47 Å². The van der Waals surface area contributed by atoms with E-state index in [1.807, 2.05) is 57.5 Å². The zero-order valence-corrected chi connectivity index (χ0v) is 20.3. The number of hydrogen-bond donors (Lipinski definition) is 0. The maximum Gasteiger partial charge on any atom is 0.340 e. The van der Waals surface area contributed by atoms with E-state index in [0.717, 1.165) is 22.3 Å². The first-order chi connectivity index (χ1) is 16.0. The van der Waals surface area contributed by atoms with Crippen LogP contribution >= 0.6 is 0 Å². The van der Waals surface area contributed by atoms with Crippen LogP contribution in [0.4, 0.5) is 0 Å². The molecule has 0 saturated heterocycles. The van der Waals surface area contributed by atoms with Crippen molar-refractivity contribution in [3.63, 3.8) is 0 Å². The lowest BCUT2D eigenvalue weighted by molar-refractivity contribution is 0.00701. The number of benzene rings is 2. The Labute approximate surface area is 200 Å². The second kappa shape index (κ2) is 8.93. The summed E-state index contributed by atoms with van der Waals surface area (Å²) in [6, 6.07) is 13.0. The van der Waals surface area contributed by atoms with Crippen LogP contribution in [0.15, 0.2) is 54.9 Å².